The molecule has 1 heterocycles. The summed E-state index contributed by atoms with van der Waals surface area (Å²) in [6.07, 6.45) is 5.55. The molecule has 3 rings (SSSR count). The minimum absolute atomic E-state index is 0.592. The highest BCUT2D eigenvalue weighted by Gasteiger charge is 2.18. The Balaban J connectivity index is 1.62. The predicted molar refractivity (Wildman–Crippen MR) is 77.0 cm³/mol. The van der Waals surface area contributed by atoms with E-state index >= 15 is 0 Å². The fourth-order valence-corrected chi connectivity index (χ4v) is 2.84. The summed E-state index contributed by atoms with van der Waals surface area (Å²) in [7, 11) is 2.00. The van der Waals surface area contributed by atoms with Gasteiger partial charge in [0.25, 0.3) is 0 Å². The molecule has 1 atom stereocenters. The first-order valence-corrected chi connectivity index (χ1v) is 7.01. The SMILES string of the molecule is Cc1c(CNC2CCc3ccccc3C2)cnn1C. The number of hydrogen-bond donors (Lipinski definition) is 1. The van der Waals surface area contributed by atoms with E-state index in [-0.39, 0.29) is 0 Å². The van der Waals surface area contributed by atoms with E-state index in [1.807, 2.05) is 17.9 Å². The number of benzene rings is 1. The fraction of sp³-hybridized carbons (Fsp3) is 0.438. The lowest BCUT2D eigenvalue weighted by atomic mass is 9.88. The Morgan fingerprint density at radius 1 is 1.32 bits per heavy atom. The average molecular weight is 255 g/mol. The summed E-state index contributed by atoms with van der Waals surface area (Å²) < 4.78 is 1.94. The van der Waals surface area contributed by atoms with Gasteiger partial charge >= 0.3 is 0 Å². The molecule has 19 heavy (non-hydrogen) atoms. The van der Waals surface area contributed by atoms with Gasteiger partial charge in [0, 0.05) is 30.9 Å². The summed E-state index contributed by atoms with van der Waals surface area (Å²) in [6, 6.07) is 9.41. The maximum atomic E-state index is 4.29. The van der Waals surface area contributed by atoms with Crippen LogP contribution in [0.15, 0.2) is 30.5 Å². The van der Waals surface area contributed by atoms with Gasteiger partial charge in [0.1, 0.15) is 0 Å². The van der Waals surface area contributed by atoms with E-state index in [1.165, 1.54) is 35.2 Å². The van der Waals surface area contributed by atoms with Crippen LogP contribution in [-0.2, 0) is 26.4 Å². The van der Waals surface area contributed by atoms with Gasteiger partial charge in [0.05, 0.1) is 6.20 Å². The Labute approximate surface area is 114 Å². The normalized spacial score (nSPS) is 18.3. The zero-order valence-electron chi connectivity index (χ0n) is 11.7. The van der Waals surface area contributed by atoms with Gasteiger partial charge in [-0.1, -0.05) is 24.3 Å². The molecule has 0 aliphatic heterocycles. The molecule has 0 spiro atoms. The number of nitrogens with one attached hydrogen (secondary N) is 1. The Bertz CT molecular complexity index is 571. The highest BCUT2D eigenvalue weighted by molar-refractivity contribution is 5.30. The second-order valence-electron chi connectivity index (χ2n) is 5.47. The van der Waals surface area contributed by atoms with Crippen LogP contribution in [0.25, 0.3) is 0 Å². The summed E-state index contributed by atoms with van der Waals surface area (Å²) in [6.45, 7) is 3.05. The van der Waals surface area contributed by atoms with Crippen molar-refractivity contribution in [3.05, 3.63) is 52.8 Å². The van der Waals surface area contributed by atoms with Gasteiger partial charge in [-0.3, -0.25) is 4.68 Å². The molecule has 0 amide bonds. The summed E-state index contributed by atoms with van der Waals surface area (Å²) in [4.78, 5) is 0. The molecule has 0 fully saturated rings. The monoisotopic (exact) mass is 255 g/mol. The second kappa shape index (κ2) is 5.17. The predicted octanol–water partition coefficient (Wildman–Crippen LogP) is 2.38. The number of rotatable bonds is 3. The van der Waals surface area contributed by atoms with Crippen molar-refractivity contribution in [3.8, 4) is 0 Å². The summed E-state index contributed by atoms with van der Waals surface area (Å²) in [5.41, 5.74) is 5.59. The molecule has 1 N–H and O–H groups in total. The smallest absolute Gasteiger partial charge is 0.0537 e. The van der Waals surface area contributed by atoms with Crippen molar-refractivity contribution in [2.45, 2.75) is 38.8 Å². The Hall–Kier alpha value is -1.61. The van der Waals surface area contributed by atoms with Gasteiger partial charge in [-0.2, -0.15) is 5.10 Å². The summed E-state index contributed by atoms with van der Waals surface area (Å²) >= 11 is 0. The number of hydrogen-bond acceptors (Lipinski definition) is 2. The zero-order valence-corrected chi connectivity index (χ0v) is 11.7. The fourth-order valence-electron chi connectivity index (χ4n) is 2.84. The number of aryl methyl sites for hydroxylation is 2. The van der Waals surface area contributed by atoms with Crippen LogP contribution in [0.3, 0.4) is 0 Å². The van der Waals surface area contributed by atoms with Crippen LogP contribution in [0.4, 0.5) is 0 Å². The lowest BCUT2D eigenvalue weighted by Gasteiger charge is -2.25. The molecule has 0 bridgehead atoms. The van der Waals surface area contributed by atoms with Crippen LogP contribution in [0, 0.1) is 6.92 Å². The van der Waals surface area contributed by atoms with Crippen molar-refractivity contribution in [1.82, 2.24) is 15.1 Å². The van der Waals surface area contributed by atoms with E-state index in [1.54, 1.807) is 0 Å². The van der Waals surface area contributed by atoms with Crippen molar-refractivity contribution in [2.75, 3.05) is 0 Å². The lowest BCUT2D eigenvalue weighted by Crippen LogP contribution is -2.34. The van der Waals surface area contributed by atoms with E-state index in [4.69, 9.17) is 0 Å². The molecule has 1 aromatic carbocycles. The zero-order chi connectivity index (χ0) is 13.2. The van der Waals surface area contributed by atoms with Gasteiger partial charge in [-0.05, 0) is 37.3 Å². The topological polar surface area (TPSA) is 29.9 Å². The first-order valence-electron chi connectivity index (χ1n) is 7.01. The molecule has 3 nitrogen and oxygen atoms in total. The molecule has 1 aliphatic rings. The van der Waals surface area contributed by atoms with Gasteiger partial charge in [0.2, 0.25) is 0 Å². The molecule has 1 aromatic heterocycles. The first-order chi connectivity index (χ1) is 9.24. The van der Waals surface area contributed by atoms with Gasteiger partial charge in [0.15, 0.2) is 0 Å². The van der Waals surface area contributed by atoms with Crippen molar-refractivity contribution >= 4 is 0 Å². The molecule has 3 heteroatoms. The summed E-state index contributed by atoms with van der Waals surface area (Å²) in [5, 5.41) is 7.97. The molecule has 1 unspecified atom stereocenters. The van der Waals surface area contributed by atoms with Crippen LogP contribution >= 0.6 is 0 Å². The first kappa shape index (κ1) is 12.4. The molecule has 0 saturated carbocycles. The second-order valence-corrected chi connectivity index (χ2v) is 5.47. The standard InChI is InChI=1S/C16H21N3/c1-12-15(11-18-19(12)2)10-17-16-8-7-13-5-3-4-6-14(13)9-16/h3-6,11,16-17H,7-10H2,1-2H3. The molecule has 100 valence electrons. The Kier molecular flexibility index (Phi) is 3.38. The van der Waals surface area contributed by atoms with E-state index in [9.17, 15) is 0 Å². The number of aromatic nitrogens is 2. The molecular weight excluding hydrogens is 234 g/mol. The van der Waals surface area contributed by atoms with E-state index < -0.39 is 0 Å². The maximum absolute atomic E-state index is 4.29. The Morgan fingerprint density at radius 3 is 2.84 bits per heavy atom. The third-order valence-corrected chi connectivity index (χ3v) is 4.26. The Morgan fingerprint density at radius 2 is 2.11 bits per heavy atom. The molecule has 0 radical (unpaired) electrons. The molecule has 1 aliphatic carbocycles. The number of nitrogens with zero attached hydrogens (tertiary/aromatic N) is 2. The highest BCUT2D eigenvalue weighted by Crippen LogP contribution is 2.21. The van der Waals surface area contributed by atoms with Crippen molar-refractivity contribution in [1.29, 1.82) is 0 Å². The van der Waals surface area contributed by atoms with Gasteiger partial charge < -0.3 is 5.32 Å². The highest BCUT2D eigenvalue weighted by atomic mass is 15.3. The molecular formula is C16H21N3. The minimum atomic E-state index is 0.592. The van der Waals surface area contributed by atoms with Crippen LogP contribution in [0.1, 0.15) is 28.8 Å². The van der Waals surface area contributed by atoms with Crippen LogP contribution < -0.4 is 5.32 Å². The van der Waals surface area contributed by atoms with Crippen LogP contribution in [0.5, 0.6) is 0 Å². The maximum Gasteiger partial charge on any atom is 0.0537 e. The van der Waals surface area contributed by atoms with Crippen molar-refractivity contribution < 1.29 is 0 Å². The van der Waals surface area contributed by atoms with Crippen LogP contribution in [0.2, 0.25) is 0 Å². The molecule has 0 saturated heterocycles. The van der Waals surface area contributed by atoms with E-state index in [0.29, 0.717) is 6.04 Å². The number of fused-ring (bicyclic) bond motifs is 1. The third kappa shape index (κ3) is 2.56. The van der Waals surface area contributed by atoms with Gasteiger partial charge in [-0.25, -0.2) is 0 Å². The van der Waals surface area contributed by atoms with Crippen molar-refractivity contribution in [2.24, 2.45) is 7.05 Å². The van der Waals surface area contributed by atoms with E-state index in [2.05, 4.69) is 41.6 Å². The van der Waals surface area contributed by atoms with Crippen LogP contribution in [-0.4, -0.2) is 15.8 Å². The largest absolute Gasteiger partial charge is 0.309 e. The van der Waals surface area contributed by atoms with E-state index in [0.717, 1.165) is 13.0 Å². The van der Waals surface area contributed by atoms with Crippen molar-refractivity contribution in [3.63, 3.8) is 0 Å². The average Bonchev–Trinajstić information content (AvgIpc) is 2.76. The summed E-state index contributed by atoms with van der Waals surface area (Å²) in [5.74, 6) is 0. The third-order valence-electron chi connectivity index (χ3n) is 4.26. The molecule has 2 aromatic rings. The van der Waals surface area contributed by atoms with Gasteiger partial charge in [-0.15, -0.1) is 0 Å². The quantitative estimate of drug-likeness (QED) is 0.912. The lowest BCUT2D eigenvalue weighted by molar-refractivity contribution is 0.457. The minimum Gasteiger partial charge on any atom is -0.309 e.